The molecule has 188 valence electrons. The van der Waals surface area contributed by atoms with Gasteiger partial charge in [-0.25, -0.2) is 0 Å². The molecule has 10 atom stereocenters. The number of carboxylic acid groups (broad SMARTS) is 1. The molecule has 0 amide bonds. The molecule has 5 saturated carbocycles. The molecule has 6 fully saturated rings. The second-order valence-corrected chi connectivity index (χ2v) is 13.9. The van der Waals surface area contributed by atoms with E-state index in [2.05, 4.69) is 34.6 Å². The van der Waals surface area contributed by atoms with Gasteiger partial charge in [-0.3, -0.25) is 4.79 Å². The third kappa shape index (κ3) is 3.40. The average Bonchev–Trinajstić information content (AvgIpc) is 3.51. The van der Waals surface area contributed by atoms with E-state index in [1.807, 2.05) is 0 Å². The summed E-state index contributed by atoms with van der Waals surface area (Å²) in [7, 11) is 0. The predicted octanol–water partition coefficient (Wildman–Crippen LogP) is 7.72. The van der Waals surface area contributed by atoms with Gasteiger partial charge in [-0.15, -0.1) is 0 Å². The van der Waals surface area contributed by atoms with Crippen molar-refractivity contribution in [2.24, 2.45) is 51.2 Å². The molecule has 1 N–H and O–H groups in total. The van der Waals surface area contributed by atoms with Crippen LogP contribution in [0.1, 0.15) is 118 Å². The molecule has 9 unspecified atom stereocenters. The molecule has 6 aliphatic rings. The van der Waals surface area contributed by atoms with Gasteiger partial charge in [0.25, 0.3) is 0 Å². The number of carbonyl (C=O) groups is 1. The van der Waals surface area contributed by atoms with Gasteiger partial charge in [0, 0.05) is 0 Å². The van der Waals surface area contributed by atoms with Crippen molar-refractivity contribution >= 4 is 5.97 Å². The van der Waals surface area contributed by atoms with Gasteiger partial charge in [-0.1, -0.05) is 53.9 Å². The lowest BCUT2D eigenvalue weighted by atomic mass is 9.33. The molecule has 0 aromatic rings. The smallest absolute Gasteiger partial charge is 0.309 e. The van der Waals surface area contributed by atoms with Gasteiger partial charge < -0.3 is 9.84 Å². The van der Waals surface area contributed by atoms with Crippen molar-refractivity contribution in [3.63, 3.8) is 0 Å². The molecule has 0 spiro atoms. The van der Waals surface area contributed by atoms with Crippen molar-refractivity contribution in [2.75, 3.05) is 6.61 Å². The van der Waals surface area contributed by atoms with Gasteiger partial charge in [0.1, 0.15) is 0 Å². The molecule has 1 aliphatic heterocycles. The van der Waals surface area contributed by atoms with Crippen LogP contribution < -0.4 is 0 Å². The van der Waals surface area contributed by atoms with Gasteiger partial charge in [0.2, 0.25) is 0 Å². The average molecular weight is 459 g/mol. The summed E-state index contributed by atoms with van der Waals surface area (Å²) in [6.07, 6.45) is 16.9. The lowest BCUT2D eigenvalue weighted by Crippen LogP contribution is -2.64. The molecular weight excluding hydrogens is 408 g/mol. The molecule has 33 heavy (non-hydrogen) atoms. The third-order valence-electron chi connectivity index (χ3n) is 13.0. The Balaban J connectivity index is 0.000000406. The van der Waals surface area contributed by atoms with E-state index in [0.29, 0.717) is 34.2 Å². The summed E-state index contributed by atoms with van der Waals surface area (Å²) < 4.78 is 4.86. The van der Waals surface area contributed by atoms with Crippen molar-refractivity contribution in [3.05, 3.63) is 0 Å². The maximum absolute atomic E-state index is 12.4. The second-order valence-electron chi connectivity index (χ2n) is 13.9. The monoisotopic (exact) mass is 458 g/mol. The molecule has 0 aromatic heterocycles. The first kappa shape index (κ1) is 24.1. The largest absolute Gasteiger partial charge is 0.481 e. The van der Waals surface area contributed by atoms with E-state index in [1.54, 1.807) is 0 Å². The van der Waals surface area contributed by atoms with Crippen molar-refractivity contribution < 1.29 is 14.6 Å². The van der Waals surface area contributed by atoms with E-state index in [-0.39, 0.29) is 5.41 Å². The first-order chi connectivity index (χ1) is 15.6. The lowest BCUT2D eigenvalue weighted by Gasteiger charge is -2.71. The highest BCUT2D eigenvalue weighted by atomic mass is 16.6. The zero-order chi connectivity index (χ0) is 23.6. The Hall–Kier alpha value is -0.570. The first-order valence-electron chi connectivity index (χ1n) is 14.5. The zero-order valence-corrected chi connectivity index (χ0v) is 22.1. The van der Waals surface area contributed by atoms with Crippen LogP contribution in [0.25, 0.3) is 0 Å². The summed E-state index contributed by atoms with van der Waals surface area (Å²) in [5.41, 5.74) is 0.896. The quantitative estimate of drug-likeness (QED) is 0.431. The molecular formula is C30H50O3. The van der Waals surface area contributed by atoms with Crippen molar-refractivity contribution in [1.29, 1.82) is 0 Å². The van der Waals surface area contributed by atoms with E-state index >= 15 is 0 Å². The van der Waals surface area contributed by atoms with Gasteiger partial charge in [0.05, 0.1) is 18.1 Å². The fourth-order valence-electron chi connectivity index (χ4n) is 10.9. The Morgan fingerprint density at radius 2 is 1.58 bits per heavy atom. The van der Waals surface area contributed by atoms with Crippen LogP contribution in [-0.2, 0) is 9.53 Å². The summed E-state index contributed by atoms with van der Waals surface area (Å²) in [4.78, 5) is 12.4. The molecule has 5 aliphatic carbocycles. The number of hydrogen-bond acceptors (Lipinski definition) is 2. The third-order valence-corrected chi connectivity index (χ3v) is 13.0. The normalized spacial score (nSPS) is 54.6. The highest BCUT2D eigenvalue weighted by molar-refractivity contribution is 5.76. The summed E-state index contributed by atoms with van der Waals surface area (Å²) in [6, 6.07) is 0. The maximum atomic E-state index is 12.4. The number of hydrogen-bond donors (Lipinski definition) is 1. The fourth-order valence-corrected chi connectivity index (χ4v) is 10.9. The van der Waals surface area contributed by atoms with Crippen LogP contribution in [0.3, 0.4) is 0 Å². The van der Waals surface area contributed by atoms with Gasteiger partial charge >= 0.3 is 5.97 Å². The summed E-state index contributed by atoms with van der Waals surface area (Å²) in [6.45, 7) is 13.6. The van der Waals surface area contributed by atoms with E-state index in [0.717, 1.165) is 50.0 Å². The summed E-state index contributed by atoms with van der Waals surface area (Å²) in [5, 5.41) is 10.2. The molecule has 3 nitrogen and oxygen atoms in total. The highest BCUT2D eigenvalue weighted by Crippen LogP contribution is 2.75. The van der Waals surface area contributed by atoms with E-state index in [9.17, 15) is 9.90 Å². The molecule has 0 radical (unpaired) electrons. The Kier molecular flexibility index (Phi) is 6.03. The van der Waals surface area contributed by atoms with E-state index in [1.165, 1.54) is 57.8 Å². The van der Waals surface area contributed by atoms with Crippen LogP contribution in [-0.4, -0.2) is 23.8 Å². The first-order valence-corrected chi connectivity index (χ1v) is 14.5. The second kappa shape index (κ2) is 8.24. The summed E-state index contributed by atoms with van der Waals surface area (Å²) in [5.74, 6) is 3.28. The molecule has 3 heteroatoms. The van der Waals surface area contributed by atoms with Crippen LogP contribution >= 0.6 is 0 Å². The SMILES string of the molecule is CC1CCCC2(C)C1CCC1(C)C2CCC2C3CCCC3(C(=O)O)CC[C@]21C.CCC1CO1. The topological polar surface area (TPSA) is 49.8 Å². The van der Waals surface area contributed by atoms with E-state index in [4.69, 9.17) is 4.74 Å². The highest BCUT2D eigenvalue weighted by Gasteiger charge is 2.69. The molecule has 0 bridgehead atoms. The molecule has 1 heterocycles. The minimum absolute atomic E-state index is 0.346. The standard InChI is InChI=1S/C26H42O2.C4H8O/c1-17-7-5-12-23(2)18(17)11-14-25(4)21(23)10-9-19-20-8-6-13-26(20,22(27)28)16-15-24(19,25)3;1-2-4-3-5-4/h17-21H,5-16H2,1-4H3,(H,27,28);4H,2-3H2,1H3/t17?,18?,19?,20?,21?,23?,24-,25?,26?;/m1./s1. The van der Waals surface area contributed by atoms with Crippen LogP contribution in [0.2, 0.25) is 0 Å². The molecule has 6 rings (SSSR count). The van der Waals surface area contributed by atoms with Crippen LogP contribution in [0.4, 0.5) is 0 Å². The lowest BCUT2D eigenvalue weighted by molar-refractivity contribution is -0.227. The van der Waals surface area contributed by atoms with Crippen molar-refractivity contribution in [3.8, 4) is 0 Å². The van der Waals surface area contributed by atoms with Crippen LogP contribution in [0, 0.1) is 51.2 Å². The minimum Gasteiger partial charge on any atom is -0.481 e. The Bertz CT molecular complexity index is 760. The van der Waals surface area contributed by atoms with Gasteiger partial charge in [-0.2, -0.15) is 0 Å². The van der Waals surface area contributed by atoms with Crippen LogP contribution in [0.5, 0.6) is 0 Å². The van der Waals surface area contributed by atoms with E-state index < -0.39 is 5.97 Å². The number of fused-ring (bicyclic) bond motifs is 7. The number of epoxide rings is 1. The van der Waals surface area contributed by atoms with Crippen molar-refractivity contribution in [1.82, 2.24) is 0 Å². The van der Waals surface area contributed by atoms with Crippen LogP contribution in [0.15, 0.2) is 0 Å². The minimum atomic E-state index is -0.471. The number of ether oxygens (including phenoxy) is 1. The van der Waals surface area contributed by atoms with Gasteiger partial charge in [0.15, 0.2) is 0 Å². The molecule has 1 saturated heterocycles. The van der Waals surface area contributed by atoms with Crippen molar-refractivity contribution in [2.45, 2.75) is 124 Å². The zero-order valence-electron chi connectivity index (χ0n) is 22.1. The number of carboxylic acids is 1. The number of rotatable bonds is 2. The molecule has 0 aromatic carbocycles. The summed E-state index contributed by atoms with van der Waals surface area (Å²) >= 11 is 0. The Morgan fingerprint density at radius 3 is 2.21 bits per heavy atom. The predicted molar refractivity (Wildman–Crippen MR) is 133 cm³/mol. The Labute approximate surface area is 202 Å². The number of aliphatic carboxylic acids is 1. The fraction of sp³-hybridized carbons (Fsp3) is 0.967. The maximum Gasteiger partial charge on any atom is 0.309 e. The van der Waals surface area contributed by atoms with Gasteiger partial charge in [-0.05, 0) is 110 Å². The Morgan fingerprint density at radius 1 is 0.848 bits per heavy atom.